The van der Waals surface area contributed by atoms with Crippen LogP contribution in [0.3, 0.4) is 0 Å². The maximum Gasteiger partial charge on any atom is 0.335 e. The number of fused-ring (bicyclic) bond motifs is 4. The Hall–Kier alpha value is -2.60. The van der Waals surface area contributed by atoms with Crippen LogP contribution in [0.4, 0.5) is 5.82 Å². The van der Waals surface area contributed by atoms with Crippen molar-refractivity contribution >= 4 is 34.4 Å². The maximum absolute atomic E-state index is 12.5. The number of furan rings is 1. The predicted molar refractivity (Wildman–Crippen MR) is 106 cm³/mol. The maximum atomic E-state index is 12.5. The summed E-state index contributed by atoms with van der Waals surface area (Å²) in [6, 6.07) is 11.3. The van der Waals surface area contributed by atoms with Gasteiger partial charge in [0, 0.05) is 11.5 Å². The second kappa shape index (κ2) is 7.09. The van der Waals surface area contributed by atoms with Gasteiger partial charge >= 0.3 is 5.97 Å². The van der Waals surface area contributed by atoms with E-state index in [1.165, 1.54) is 12.8 Å². The molecule has 3 aliphatic carbocycles. The van der Waals surface area contributed by atoms with Gasteiger partial charge in [0.15, 0.2) is 11.6 Å². The topological polar surface area (TPSA) is 77.2 Å². The Morgan fingerprint density at radius 3 is 2.71 bits per heavy atom. The minimum Gasteiger partial charge on any atom is -0.454 e. The number of para-hydroxylation sites is 1. The highest BCUT2D eigenvalue weighted by molar-refractivity contribution is 6.28. The van der Waals surface area contributed by atoms with E-state index in [-0.39, 0.29) is 17.2 Å². The van der Waals surface area contributed by atoms with Crippen LogP contribution in [0.5, 0.6) is 0 Å². The fourth-order valence-corrected chi connectivity index (χ4v) is 4.73. The van der Waals surface area contributed by atoms with Gasteiger partial charge in [-0.1, -0.05) is 31.0 Å². The monoisotopic (exact) mass is 397 g/mol. The van der Waals surface area contributed by atoms with Gasteiger partial charge in [-0.2, -0.15) is 4.98 Å². The van der Waals surface area contributed by atoms with E-state index in [1.807, 2.05) is 30.3 Å². The summed E-state index contributed by atoms with van der Waals surface area (Å²) in [5, 5.41) is 1.02. The molecule has 3 aromatic rings. The smallest absolute Gasteiger partial charge is 0.335 e. The summed E-state index contributed by atoms with van der Waals surface area (Å²) < 4.78 is 5.83. The standard InChI is InChI=1S/C21H20ClN3O3/c22-21-23-16(18-10-14-3-1-2-4-17(14)27-18)11-19(24-21)25-28-20(26)15-9-12-5-7-13(15)8-6-12/h1-4,10-13,15H,5-9H2,(H,23,24,25). The molecular weight excluding hydrogens is 378 g/mol. The normalized spacial score (nSPS) is 23.7. The summed E-state index contributed by atoms with van der Waals surface area (Å²) in [5.74, 6) is 1.77. The molecular formula is C21H20ClN3O3. The van der Waals surface area contributed by atoms with E-state index in [2.05, 4.69) is 15.4 Å². The van der Waals surface area contributed by atoms with Crippen LogP contribution in [0.1, 0.15) is 32.1 Å². The first-order valence-electron chi connectivity index (χ1n) is 9.66. The lowest BCUT2D eigenvalue weighted by atomic mass is 9.65. The highest BCUT2D eigenvalue weighted by Crippen LogP contribution is 2.45. The van der Waals surface area contributed by atoms with Crippen LogP contribution in [-0.2, 0) is 9.63 Å². The Morgan fingerprint density at radius 2 is 1.96 bits per heavy atom. The van der Waals surface area contributed by atoms with Gasteiger partial charge in [-0.25, -0.2) is 15.3 Å². The number of nitrogens with one attached hydrogen (secondary N) is 1. The van der Waals surface area contributed by atoms with Crippen molar-refractivity contribution in [2.75, 3.05) is 5.48 Å². The van der Waals surface area contributed by atoms with Gasteiger partial charge < -0.3 is 9.25 Å². The summed E-state index contributed by atoms with van der Waals surface area (Å²) in [4.78, 5) is 26.2. The first kappa shape index (κ1) is 17.5. The van der Waals surface area contributed by atoms with E-state index in [0.29, 0.717) is 29.1 Å². The van der Waals surface area contributed by atoms with Crippen LogP contribution in [-0.4, -0.2) is 15.9 Å². The number of hydrogen-bond donors (Lipinski definition) is 1. The summed E-state index contributed by atoms with van der Waals surface area (Å²) >= 11 is 6.07. The molecule has 3 saturated carbocycles. The fraction of sp³-hybridized carbons (Fsp3) is 0.381. The van der Waals surface area contributed by atoms with E-state index in [4.69, 9.17) is 20.9 Å². The lowest BCUT2D eigenvalue weighted by Gasteiger charge is -2.40. The minimum atomic E-state index is -0.213. The quantitative estimate of drug-likeness (QED) is 0.479. The third-order valence-electron chi connectivity index (χ3n) is 5.98. The van der Waals surface area contributed by atoms with E-state index in [9.17, 15) is 4.79 Å². The average molecular weight is 398 g/mol. The molecule has 0 amide bonds. The third kappa shape index (κ3) is 3.33. The van der Waals surface area contributed by atoms with Crippen molar-refractivity contribution in [3.8, 4) is 11.5 Å². The number of anilines is 1. The Balaban J connectivity index is 1.32. The van der Waals surface area contributed by atoms with Crippen LogP contribution >= 0.6 is 11.6 Å². The molecule has 28 heavy (non-hydrogen) atoms. The van der Waals surface area contributed by atoms with E-state index in [0.717, 1.165) is 30.2 Å². The summed E-state index contributed by atoms with van der Waals surface area (Å²) in [7, 11) is 0. The van der Waals surface area contributed by atoms with Crippen molar-refractivity contribution in [2.45, 2.75) is 32.1 Å². The first-order chi connectivity index (χ1) is 13.7. The van der Waals surface area contributed by atoms with Crippen LogP contribution in [0.25, 0.3) is 22.4 Å². The van der Waals surface area contributed by atoms with Gasteiger partial charge in [0.25, 0.3) is 0 Å². The summed E-state index contributed by atoms with van der Waals surface area (Å²) in [5.41, 5.74) is 3.94. The van der Waals surface area contributed by atoms with Crippen molar-refractivity contribution < 1.29 is 14.0 Å². The number of halogens is 1. The molecule has 1 N–H and O–H groups in total. The number of aromatic nitrogens is 2. The van der Waals surface area contributed by atoms with E-state index >= 15 is 0 Å². The first-order valence-corrected chi connectivity index (χ1v) is 10.0. The molecule has 3 aliphatic rings. The molecule has 3 fully saturated rings. The Morgan fingerprint density at radius 1 is 1.14 bits per heavy atom. The van der Waals surface area contributed by atoms with Crippen LogP contribution in [0, 0.1) is 17.8 Å². The molecule has 1 aromatic carbocycles. The van der Waals surface area contributed by atoms with Gasteiger partial charge in [-0.05, 0) is 54.8 Å². The molecule has 144 valence electrons. The number of hydrogen-bond acceptors (Lipinski definition) is 6. The van der Waals surface area contributed by atoms with Crippen LogP contribution in [0.15, 0.2) is 40.8 Å². The summed E-state index contributed by atoms with van der Waals surface area (Å²) in [6.07, 6.45) is 5.66. The second-order valence-corrected chi connectivity index (χ2v) is 8.04. The molecule has 1 unspecified atom stereocenters. The van der Waals surface area contributed by atoms with Gasteiger partial charge in [0.1, 0.15) is 11.3 Å². The number of carbonyl (C=O) groups is 1. The van der Waals surface area contributed by atoms with Gasteiger partial charge in [0.05, 0.1) is 5.92 Å². The van der Waals surface area contributed by atoms with Crippen molar-refractivity contribution in [2.24, 2.45) is 17.8 Å². The number of rotatable bonds is 4. The van der Waals surface area contributed by atoms with E-state index in [1.54, 1.807) is 6.07 Å². The highest BCUT2D eigenvalue weighted by Gasteiger charge is 2.40. The summed E-state index contributed by atoms with van der Waals surface area (Å²) in [6.45, 7) is 0. The molecule has 2 aromatic heterocycles. The zero-order chi connectivity index (χ0) is 19.1. The average Bonchev–Trinajstić information content (AvgIpc) is 3.17. The van der Waals surface area contributed by atoms with E-state index < -0.39 is 0 Å². The zero-order valence-electron chi connectivity index (χ0n) is 15.2. The molecule has 7 heteroatoms. The second-order valence-electron chi connectivity index (χ2n) is 7.70. The molecule has 6 rings (SSSR count). The van der Waals surface area contributed by atoms with Gasteiger partial charge in [-0.3, -0.25) is 0 Å². The number of nitrogens with zero attached hydrogens (tertiary/aromatic N) is 2. The largest absolute Gasteiger partial charge is 0.454 e. The number of benzene rings is 1. The Bertz CT molecular complexity index is 994. The van der Waals surface area contributed by atoms with Crippen molar-refractivity contribution in [3.05, 3.63) is 41.7 Å². The van der Waals surface area contributed by atoms with Crippen molar-refractivity contribution in [3.63, 3.8) is 0 Å². The molecule has 0 aliphatic heterocycles. The Labute approximate surface area is 167 Å². The molecule has 2 heterocycles. The van der Waals surface area contributed by atoms with Crippen molar-refractivity contribution in [1.29, 1.82) is 0 Å². The SMILES string of the molecule is O=C(ONc1cc(-c2cc3ccccc3o2)nc(Cl)n1)C1CC2CCC1CC2. The van der Waals surface area contributed by atoms with Crippen LogP contribution in [0.2, 0.25) is 5.28 Å². The van der Waals surface area contributed by atoms with Crippen molar-refractivity contribution in [1.82, 2.24) is 9.97 Å². The zero-order valence-corrected chi connectivity index (χ0v) is 16.0. The highest BCUT2D eigenvalue weighted by atomic mass is 35.5. The molecule has 1 atom stereocenters. The molecule has 0 saturated heterocycles. The minimum absolute atomic E-state index is 0.0212. The third-order valence-corrected chi connectivity index (χ3v) is 6.15. The van der Waals surface area contributed by atoms with Crippen LogP contribution < -0.4 is 5.48 Å². The number of carbonyl (C=O) groups excluding carboxylic acids is 1. The fourth-order valence-electron chi connectivity index (χ4n) is 4.55. The lowest BCUT2D eigenvalue weighted by Crippen LogP contribution is -2.37. The predicted octanol–water partition coefficient (Wildman–Crippen LogP) is 5.24. The Kier molecular flexibility index (Phi) is 4.43. The molecule has 6 nitrogen and oxygen atoms in total. The van der Waals surface area contributed by atoms with Gasteiger partial charge in [0.2, 0.25) is 5.28 Å². The van der Waals surface area contributed by atoms with Gasteiger partial charge in [-0.15, -0.1) is 0 Å². The molecule has 2 bridgehead atoms. The molecule has 0 radical (unpaired) electrons. The molecule has 0 spiro atoms. The lowest BCUT2D eigenvalue weighted by molar-refractivity contribution is -0.151.